The van der Waals surface area contributed by atoms with Crippen molar-refractivity contribution in [2.24, 2.45) is 5.73 Å². The molecule has 1 rings (SSSR count). The van der Waals surface area contributed by atoms with Gasteiger partial charge in [-0.25, -0.2) is 4.98 Å². The molecule has 18 heavy (non-hydrogen) atoms. The fourth-order valence-corrected chi connectivity index (χ4v) is 1.34. The highest BCUT2D eigenvalue weighted by Gasteiger charge is 2.20. The standard InChI is InChI=1S/C10H14N4O4/c11-8(2-9(16)17)10(18)14-7(4-15)1-6-3-12-5-13-6/h3-5,7-8H,1-2,11H2,(H,12,13)(H,14,18)(H,16,17)/t7-,8-/m0/s1. The highest BCUT2D eigenvalue weighted by molar-refractivity contribution is 5.87. The summed E-state index contributed by atoms with van der Waals surface area (Å²) in [6.45, 7) is 0. The minimum atomic E-state index is -1.17. The van der Waals surface area contributed by atoms with Crippen molar-refractivity contribution in [2.75, 3.05) is 0 Å². The maximum atomic E-state index is 11.5. The van der Waals surface area contributed by atoms with Crippen molar-refractivity contribution in [1.82, 2.24) is 15.3 Å². The average Bonchev–Trinajstić information content (AvgIpc) is 2.79. The number of hydrogen-bond acceptors (Lipinski definition) is 5. The quantitative estimate of drug-likeness (QED) is 0.434. The van der Waals surface area contributed by atoms with E-state index in [0.29, 0.717) is 12.0 Å². The van der Waals surface area contributed by atoms with E-state index in [-0.39, 0.29) is 6.42 Å². The summed E-state index contributed by atoms with van der Waals surface area (Å²) in [4.78, 5) is 39.2. The van der Waals surface area contributed by atoms with E-state index >= 15 is 0 Å². The first-order valence-electron chi connectivity index (χ1n) is 5.23. The molecule has 0 aliphatic rings. The Morgan fingerprint density at radius 1 is 1.61 bits per heavy atom. The van der Waals surface area contributed by atoms with Crippen LogP contribution in [0, 0.1) is 0 Å². The molecule has 0 aliphatic carbocycles. The highest BCUT2D eigenvalue weighted by Crippen LogP contribution is 1.97. The zero-order chi connectivity index (χ0) is 13.5. The third-order valence-corrected chi connectivity index (χ3v) is 2.22. The number of aliphatic carboxylic acids is 1. The predicted molar refractivity (Wildman–Crippen MR) is 60.5 cm³/mol. The summed E-state index contributed by atoms with van der Waals surface area (Å²) in [5, 5.41) is 10.9. The van der Waals surface area contributed by atoms with Crippen molar-refractivity contribution in [2.45, 2.75) is 24.9 Å². The molecule has 1 heterocycles. The van der Waals surface area contributed by atoms with Gasteiger partial charge in [0.2, 0.25) is 5.91 Å². The molecule has 2 atom stereocenters. The minimum Gasteiger partial charge on any atom is -0.481 e. The number of carbonyl (C=O) groups excluding carboxylic acids is 2. The van der Waals surface area contributed by atoms with Crippen molar-refractivity contribution < 1.29 is 19.5 Å². The van der Waals surface area contributed by atoms with Gasteiger partial charge >= 0.3 is 5.97 Å². The summed E-state index contributed by atoms with van der Waals surface area (Å²) >= 11 is 0. The van der Waals surface area contributed by atoms with Crippen LogP contribution < -0.4 is 11.1 Å². The zero-order valence-corrected chi connectivity index (χ0v) is 9.50. The van der Waals surface area contributed by atoms with Gasteiger partial charge in [0.15, 0.2) is 0 Å². The molecule has 0 radical (unpaired) electrons. The SMILES string of the molecule is N[C@@H](CC(=O)O)C(=O)N[C@H](C=O)Cc1cnc[nH]1. The van der Waals surface area contributed by atoms with Crippen LogP contribution in [0.3, 0.4) is 0 Å². The fraction of sp³-hybridized carbons (Fsp3) is 0.400. The molecule has 8 nitrogen and oxygen atoms in total. The van der Waals surface area contributed by atoms with Gasteiger partial charge in [0.05, 0.1) is 24.8 Å². The minimum absolute atomic E-state index is 0.245. The van der Waals surface area contributed by atoms with Gasteiger partial charge in [0.1, 0.15) is 6.29 Å². The molecule has 1 aromatic heterocycles. The first kappa shape index (κ1) is 13.8. The van der Waals surface area contributed by atoms with Crippen LogP contribution in [0.1, 0.15) is 12.1 Å². The maximum absolute atomic E-state index is 11.5. The van der Waals surface area contributed by atoms with Crippen LogP contribution in [-0.2, 0) is 20.8 Å². The van der Waals surface area contributed by atoms with Gasteiger partial charge in [-0.2, -0.15) is 0 Å². The van der Waals surface area contributed by atoms with E-state index in [0.717, 1.165) is 0 Å². The number of nitrogens with zero attached hydrogens (tertiary/aromatic N) is 1. The molecule has 1 amide bonds. The number of aromatic nitrogens is 2. The molecule has 0 unspecified atom stereocenters. The molecule has 0 fully saturated rings. The van der Waals surface area contributed by atoms with Gasteiger partial charge in [0, 0.05) is 18.3 Å². The third kappa shape index (κ3) is 4.34. The number of amides is 1. The Hall–Kier alpha value is -2.22. The molecule has 0 aromatic carbocycles. The van der Waals surface area contributed by atoms with E-state index in [1.807, 2.05) is 0 Å². The summed E-state index contributed by atoms with van der Waals surface area (Å²) in [5.41, 5.74) is 6.05. The van der Waals surface area contributed by atoms with Gasteiger partial charge in [-0.15, -0.1) is 0 Å². The Kier molecular flexibility index (Phi) is 5.00. The Bertz CT molecular complexity index is 418. The second-order valence-electron chi connectivity index (χ2n) is 3.74. The molecule has 0 bridgehead atoms. The summed E-state index contributed by atoms with van der Waals surface area (Å²) < 4.78 is 0. The lowest BCUT2D eigenvalue weighted by molar-refractivity contribution is -0.139. The highest BCUT2D eigenvalue weighted by atomic mass is 16.4. The number of carbonyl (C=O) groups is 3. The number of carboxylic acids is 1. The topological polar surface area (TPSA) is 138 Å². The molecule has 0 saturated carbocycles. The second-order valence-corrected chi connectivity index (χ2v) is 3.74. The number of aldehydes is 1. The monoisotopic (exact) mass is 254 g/mol. The lowest BCUT2D eigenvalue weighted by Crippen LogP contribution is -2.47. The number of nitrogens with one attached hydrogen (secondary N) is 2. The third-order valence-electron chi connectivity index (χ3n) is 2.22. The smallest absolute Gasteiger partial charge is 0.305 e. The van der Waals surface area contributed by atoms with E-state index < -0.39 is 30.4 Å². The number of hydrogen-bond donors (Lipinski definition) is 4. The summed E-state index contributed by atoms with van der Waals surface area (Å²) in [6, 6.07) is -1.94. The van der Waals surface area contributed by atoms with Crippen LogP contribution in [0.15, 0.2) is 12.5 Å². The Labute approximate surface area is 103 Å². The van der Waals surface area contributed by atoms with Crippen LogP contribution >= 0.6 is 0 Å². The Morgan fingerprint density at radius 3 is 2.83 bits per heavy atom. The normalized spacial score (nSPS) is 13.6. The first-order valence-corrected chi connectivity index (χ1v) is 5.23. The van der Waals surface area contributed by atoms with Crippen LogP contribution in [0.4, 0.5) is 0 Å². The number of H-pyrrole nitrogens is 1. The lowest BCUT2D eigenvalue weighted by atomic mass is 10.1. The van der Waals surface area contributed by atoms with E-state index in [1.165, 1.54) is 12.5 Å². The molecule has 0 spiro atoms. The predicted octanol–water partition coefficient (Wildman–Crippen LogP) is -1.56. The molecule has 5 N–H and O–H groups in total. The van der Waals surface area contributed by atoms with E-state index in [4.69, 9.17) is 10.8 Å². The van der Waals surface area contributed by atoms with Crippen molar-refractivity contribution in [3.63, 3.8) is 0 Å². The van der Waals surface area contributed by atoms with Gasteiger partial charge in [-0.3, -0.25) is 9.59 Å². The van der Waals surface area contributed by atoms with E-state index in [1.54, 1.807) is 0 Å². The fourth-order valence-electron chi connectivity index (χ4n) is 1.34. The lowest BCUT2D eigenvalue weighted by Gasteiger charge is -2.14. The summed E-state index contributed by atoms with van der Waals surface area (Å²) in [5.74, 6) is -1.84. The molecule has 0 aliphatic heterocycles. The van der Waals surface area contributed by atoms with E-state index in [9.17, 15) is 14.4 Å². The number of nitrogens with two attached hydrogens (primary N) is 1. The zero-order valence-electron chi connectivity index (χ0n) is 9.50. The van der Waals surface area contributed by atoms with E-state index in [2.05, 4.69) is 15.3 Å². The number of aromatic amines is 1. The average molecular weight is 254 g/mol. The number of imidazole rings is 1. The molecule has 1 aromatic rings. The maximum Gasteiger partial charge on any atom is 0.305 e. The molecule has 0 saturated heterocycles. The van der Waals surface area contributed by atoms with Gasteiger partial charge in [0.25, 0.3) is 0 Å². The molecule has 98 valence electrons. The molecule has 8 heteroatoms. The van der Waals surface area contributed by atoms with Crippen molar-refractivity contribution in [3.8, 4) is 0 Å². The van der Waals surface area contributed by atoms with Gasteiger partial charge in [-0.1, -0.05) is 0 Å². The Morgan fingerprint density at radius 2 is 2.33 bits per heavy atom. The summed E-state index contributed by atoms with van der Waals surface area (Å²) in [6.07, 6.45) is 3.30. The molecular formula is C10H14N4O4. The van der Waals surface area contributed by atoms with Crippen LogP contribution in [-0.4, -0.2) is 45.3 Å². The largest absolute Gasteiger partial charge is 0.481 e. The van der Waals surface area contributed by atoms with Crippen molar-refractivity contribution in [1.29, 1.82) is 0 Å². The van der Waals surface area contributed by atoms with Crippen molar-refractivity contribution in [3.05, 3.63) is 18.2 Å². The van der Waals surface area contributed by atoms with Crippen LogP contribution in [0.2, 0.25) is 0 Å². The Balaban J connectivity index is 2.50. The molecular weight excluding hydrogens is 240 g/mol. The van der Waals surface area contributed by atoms with Gasteiger partial charge < -0.3 is 25.9 Å². The van der Waals surface area contributed by atoms with Crippen molar-refractivity contribution >= 4 is 18.2 Å². The van der Waals surface area contributed by atoms with Gasteiger partial charge in [-0.05, 0) is 0 Å². The number of carboxylic acid groups (broad SMARTS) is 1. The number of rotatable bonds is 7. The first-order chi connectivity index (χ1) is 8.52. The summed E-state index contributed by atoms with van der Waals surface area (Å²) in [7, 11) is 0. The van der Waals surface area contributed by atoms with Crippen LogP contribution in [0.25, 0.3) is 0 Å². The second kappa shape index (κ2) is 6.50. The van der Waals surface area contributed by atoms with Crippen LogP contribution in [0.5, 0.6) is 0 Å².